The van der Waals surface area contributed by atoms with Crippen molar-refractivity contribution < 1.29 is 0 Å². The van der Waals surface area contributed by atoms with Crippen molar-refractivity contribution in [2.45, 2.75) is 4.08 Å². The minimum absolute atomic E-state index is 0.443. The van der Waals surface area contributed by atoms with Gasteiger partial charge in [-0.3, -0.25) is 0 Å². The summed E-state index contributed by atoms with van der Waals surface area (Å²) in [5, 5.41) is 9.14. The highest BCUT2D eigenvalue weighted by atomic mass is 32.2. The van der Waals surface area contributed by atoms with Gasteiger partial charge in [-0.1, -0.05) is 30.3 Å². The predicted molar refractivity (Wildman–Crippen MR) is 60.8 cm³/mol. The molecule has 0 unspecified atom stereocenters. The van der Waals surface area contributed by atoms with Crippen LogP contribution in [0.4, 0.5) is 0 Å². The number of nitriles is 1. The standard InChI is InChI=1S/C10H11NS2/c1-12-10(8-11,13-2)9-6-4-3-5-7-9/h3-7H,1-2H3. The number of thioether (sulfide) groups is 2. The Bertz CT molecular complexity index is 298. The average Bonchev–Trinajstić information content (AvgIpc) is 2.23. The van der Waals surface area contributed by atoms with E-state index in [0.717, 1.165) is 5.56 Å². The number of rotatable bonds is 3. The molecule has 3 heteroatoms. The summed E-state index contributed by atoms with van der Waals surface area (Å²) in [5.74, 6) is 0. The van der Waals surface area contributed by atoms with Crippen molar-refractivity contribution in [3.8, 4) is 6.07 Å². The van der Waals surface area contributed by atoms with Crippen LogP contribution in [-0.4, -0.2) is 12.5 Å². The molecule has 0 saturated carbocycles. The Morgan fingerprint density at radius 3 is 2.08 bits per heavy atom. The van der Waals surface area contributed by atoms with Crippen molar-refractivity contribution in [1.82, 2.24) is 0 Å². The summed E-state index contributed by atoms with van der Waals surface area (Å²) in [4.78, 5) is 0. The summed E-state index contributed by atoms with van der Waals surface area (Å²) in [6.45, 7) is 0. The molecule has 0 saturated heterocycles. The zero-order chi connectivity index (χ0) is 9.73. The smallest absolute Gasteiger partial charge is 0.173 e. The summed E-state index contributed by atoms with van der Waals surface area (Å²) in [5.41, 5.74) is 1.07. The highest BCUT2D eigenvalue weighted by molar-refractivity contribution is 8.17. The van der Waals surface area contributed by atoms with Crippen molar-refractivity contribution in [2.75, 3.05) is 12.5 Å². The SMILES string of the molecule is CSC(C#N)(SC)c1ccccc1. The van der Waals surface area contributed by atoms with Crippen LogP contribution in [0.2, 0.25) is 0 Å². The van der Waals surface area contributed by atoms with Gasteiger partial charge in [-0.2, -0.15) is 5.26 Å². The van der Waals surface area contributed by atoms with Gasteiger partial charge in [-0.25, -0.2) is 0 Å². The quantitative estimate of drug-likeness (QED) is 0.715. The molecule has 0 radical (unpaired) electrons. The van der Waals surface area contributed by atoms with Crippen molar-refractivity contribution in [3.63, 3.8) is 0 Å². The Morgan fingerprint density at radius 2 is 1.69 bits per heavy atom. The molecule has 1 aromatic carbocycles. The molecule has 0 aromatic heterocycles. The minimum Gasteiger partial charge on any atom is -0.195 e. The molecule has 0 bridgehead atoms. The molecule has 0 aliphatic rings. The van der Waals surface area contributed by atoms with Gasteiger partial charge in [0, 0.05) is 0 Å². The predicted octanol–water partition coefficient (Wildman–Crippen LogP) is 3.09. The highest BCUT2D eigenvalue weighted by Gasteiger charge is 2.29. The van der Waals surface area contributed by atoms with Gasteiger partial charge in [0.05, 0.1) is 6.07 Å². The molecule has 0 amide bonds. The van der Waals surface area contributed by atoms with Crippen LogP contribution in [0.3, 0.4) is 0 Å². The summed E-state index contributed by atoms with van der Waals surface area (Å²) >= 11 is 3.14. The number of hydrogen-bond acceptors (Lipinski definition) is 3. The Balaban J connectivity index is 3.10. The van der Waals surface area contributed by atoms with Crippen molar-refractivity contribution >= 4 is 23.5 Å². The topological polar surface area (TPSA) is 23.8 Å². The Kier molecular flexibility index (Phi) is 3.71. The first-order valence-electron chi connectivity index (χ1n) is 3.86. The molecular weight excluding hydrogens is 198 g/mol. The monoisotopic (exact) mass is 209 g/mol. The molecule has 68 valence electrons. The van der Waals surface area contributed by atoms with Crippen LogP contribution in [0, 0.1) is 11.3 Å². The van der Waals surface area contributed by atoms with E-state index in [0.29, 0.717) is 0 Å². The van der Waals surface area contributed by atoms with Gasteiger partial charge in [0.2, 0.25) is 0 Å². The van der Waals surface area contributed by atoms with Gasteiger partial charge in [0.15, 0.2) is 4.08 Å². The second-order valence-electron chi connectivity index (χ2n) is 2.50. The average molecular weight is 209 g/mol. The van der Waals surface area contributed by atoms with Crippen LogP contribution in [-0.2, 0) is 4.08 Å². The van der Waals surface area contributed by atoms with E-state index in [9.17, 15) is 0 Å². The molecule has 0 heterocycles. The molecule has 0 atom stereocenters. The first-order valence-corrected chi connectivity index (χ1v) is 6.31. The van der Waals surface area contributed by atoms with E-state index in [2.05, 4.69) is 6.07 Å². The first-order chi connectivity index (χ1) is 6.29. The fourth-order valence-corrected chi connectivity index (χ4v) is 2.73. The summed E-state index contributed by atoms with van der Waals surface area (Å²) in [7, 11) is 0. The van der Waals surface area contributed by atoms with Crippen molar-refractivity contribution in [2.24, 2.45) is 0 Å². The molecule has 1 aromatic rings. The molecule has 13 heavy (non-hydrogen) atoms. The van der Waals surface area contributed by atoms with Gasteiger partial charge in [-0.15, -0.1) is 23.5 Å². The number of hydrogen-bond donors (Lipinski definition) is 0. The lowest BCUT2D eigenvalue weighted by Crippen LogP contribution is -2.13. The van der Waals surface area contributed by atoms with Crippen LogP contribution >= 0.6 is 23.5 Å². The lowest BCUT2D eigenvalue weighted by Gasteiger charge is -2.21. The van der Waals surface area contributed by atoms with E-state index in [1.54, 1.807) is 23.5 Å². The zero-order valence-corrected chi connectivity index (χ0v) is 9.28. The summed E-state index contributed by atoms with van der Waals surface area (Å²) < 4.78 is -0.443. The molecule has 1 rings (SSSR count). The summed E-state index contributed by atoms with van der Waals surface area (Å²) in [6.07, 6.45) is 3.93. The first kappa shape index (κ1) is 10.5. The maximum Gasteiger partial charge on any atom is 0.173 e. The third-order valence-electron chi connectivity index (χ3n) is 1.88. The van der Waals surface area contributed by atoms with E-state index >= 15 is 0 Å². The number of nitrogens with zero attached hydrogens (tertiary/aromatic N) is 1. The Labute approximate surface area is 87.5 Å². The van der Waals surface area contributed by atoms with E-state index in [1.807, 2.05) is 42.8 Å². The van der Waals surface area contributed by atoms with Crippen LogP contribution in [0.1, 0.15) is 5.56 Å². The number of benzene rings is 1. The maximum atomic E-state index is 9.14. The van der Waals surface area contributed by atoms with Gasteiger partial charge in [-0.05, 0) is 18.1 Å². The van der Waals surface area contributed by atoms with Gasteiger partial charge >= 0.3 is 0 Å². The largest absolute Gasteiger partial charge is 0.195 e. The van der Waals surface area contributed by atoms with Crippen LogP contribution in [0.5, 0.6) is 0 Å². The Morgan fingerprint density at radius 1 is 1.15 bits per heavy atom. The summed E-state index contributed by atoms with van der Waals surface area (Å²) in [6, 6.07) is 12.2. The molecule has 0 aliphatic carbocycles. The van der Waals surface area contributed by atoms with Gasteiger partial charge < -0.3 is 0 Å². The molecule has 0 fully saturated rings. The van der Waals surface area contributed by atoms with Crippen molar-refractivity contribution in [3.05, 3.63) is 35.9 Å². The van der Waals surface area contributed by atoms with E-state index in [-0.39, 0.29) is 0 Å². The molecule has 0 N–H and O–H groups in total. The fourth-order valence-electron chi connectivity index (χ4n) is 1.13. The second kappa shape index (κ2) is 4.59. The molecule has 0 spiro atoms. The third kappa shape index (κ3) is 2.01. The highest BCUT2D eigenvalue weighted by Crippen LogP contribution is 2.42. The maximum absolute atomic E-state index is 9.14. The van der Waals surface area contributed by atoms with E-state index < -0.39 is 4.08 Å². The van der Waals surface area contributed by atoms with Crippen LogP contribution in [0.15, 0.2) is 30.3 Å². The fraction of sp³-hybridized carbons (Fsp3) is 0.300. The molecule has 0 aliphatic heterocycles. The zero-order valence-electron chi connectivity index (χ0n) is 7.65. The van der Waals surface area contributed by atoms with Crippen LogP contribution in [0.25, 0.3) is 0 Å². The van der Waals surface area contributed by atoms with Gasteiger partial charge in [0.25, 0.3) is 0 Å². The minimum atomic E-state index is -0.443. The normalized spacial score (nSPS) is 10.8. The van der Waals surface area contributed by atoms with E-state index in [1.165, 1.54) is 0 Å². The van der Waals surface area contributed by atoms with Gasteiger partial charge in [0.1, 0.15) is 0 Å². The van der Waals surface area contributed by atoms with Crippen LogP contribution < -0.4 is 0 Å². The lowest BCUT2D eigenvalue weighted by molar-refractivity contribution is 1.15. The second-order valence-corrected chi connectivity index (χ2v) is 4.80. The lowest BCUT2D eigenvalue weighted by atomic mass is 10.1. The van der Waals surface area contributed by atoms with E-state index in [4.69, 9.17) is 5.26 Å². The molecular formula is C10H11NS2. The van der Waals surface area contributed by atoms with Crippen molar-refractivity contribution in [1.29, 1.82) is 5.26 Å². The third-order valence-corrected chi connectivity index (χ3v) is 4.68. The Hall–Kier alpha value is -0.590. The molecule has 1 nitrogen and oxygen atoms in total.